The average Bonchev–Trinajstić information content (AvgIpc) is 2.02. The molecule has 0 radical (unpaired) electrons. The van der Waals surface area contributed by atoms with E-state index in [1.54, 1.807) is 13.0 Å². The van der Waals surface area contributed by atoms with E-state index in [1.165, 1.54) is 12.1 Å². The van der Waals surface area contributed by atoms with Crippen molar-refractivity contribution in [1.82, 2.24) is 0 Å². The molecule has 0 bridgehead atoms. The normalized spacial score (nSPS) is 9.69. The van der Waals surface area contributed by atoms with Gasteiger partial charge in [0.2, 0.25) is 5.91 Å². The largest absolute Gasteiger partial charge is 0.508 e. The second kappa shape index (κ2) is 4.14. The number of phenols is 1. The van der Waals surface area contributed by atoms with Gasteiger partial charge in [-0.2, -0.15) is 0 Å². The number of phenolic OH excluding ortho intramolecular Hbond substituents is 1. The summed E-state index contributed by atoms with van der Waals surface area (Å²) in [7, 11) is 0. The van der Waals surface area contributed by atoms with E-state index in [1.807, 2.05) is 0 Å². The van der Waals surface area contributed by atoms with Gasteiger partial charge < -0.3 is 10.4 Å². The SMILES string of the molecule is CCC(=O)Nc1cc(O)cc(Cl)c1. The number of anilines is 1. The summed E-state index contributed by atoms with van der Waals surface area (Å²) in [6.45, 7) is 1.75. The zero-order valence-electron chi connectivity index (χ0n) is 7.17. The molecule has 1 amide bonds. The van der Waals surface area contributed by atoms with Crippen LogP contribution in [0.5, 0.6) is 5.75 Å². The molecule has 0 atom stereocenters. The van der Waals surface area contributed by atoms with Crippen LogP contribution in [0.1, 0.15) is 13.3 Å². The molecule has 0 aromatic heterocycles. The number of carbonyl (C=O) groups is 1. The Balaban J connectivity index is 2.83. The van der Waals surface area contributed by atoms with Gasteiger partial charge in [0, 0.05) is 23.2 Å². The Hall–Kier alpha value is -1.22. The zero-order chi connectivity index (χ0) is 9.84. The Labute approximate surface area is 81.3 Å². The van der Waals surface area contributed by atoms with Gasteiger partial charge in [0.15, 0.2) is 0 Å². The van der Waals surface area contributed by atoms with Crippen molar-refractivity contribution < 1.29 is 9.90 Å². The summed E-state index contributed by atoms with van der Waals surface area (Å²) >= 11 is 5.67. The standard InChI is InChI=1S/C9H10ClNO2/c1-2-9(13)11-7-3-6(10)4-8(12)5-7/h3-5,12H,2H2,1H3,(H,11,13). The first-order valence-corrected chi connectivity index (χ1v) is 4.29. The van der Waals surface area contributed by atoms with Crippen LogP contribution in [0.2, 0.25) is 5.02 Å². The highest BCUT2D eigenvalue weighted by Gasteiger charge is 2.01. The van der Waals surface area contributed by atoms with Crippen LogP contribution in [-0.2, 0) is 4.79 Å². The maximum Gasteiger partial charge on any atom is 0.224 e. The number of halogens is 1. The molecule has 1 aromatic rings. The molecule has 2 N–H and O–H groups in total. The molecule has 0 aliphatic carbocycles. The maximum absolute atomic E-state index is 11.0. The molecule has 0 unspecified atom stereocenters. The van der Waals surface area contributed by atoms with Crippen molar-refractivity contribution in [2.45, 2.75) is 13.3 Å². The first-order chi connectivity index (χ1) is 6.11. The Bertz CT molecular complexity index is 305. The van der Waals surface area contributed by atoms with Crippen molar-refractivity contribution in [2.24, 2.45) is 0 Å². The molecule has 1 rings (SSSR count). The lowest BCUT2D eigenvalue weighted by Gasteiger charge is -2.04. The number of carbonyl (C=O) groups excluding carboxylic acids is 1. The predicted octanol–water partition coefficient (Wildman–Crippen LogP) is 2.39. The molecule has 1 aromatic carbocycles. The van der Waals surface area contributed by atoms with Crippen molar-refractivity contribution in [3.05, 3.63) is 23.2 Å². The Morgan fingerprint density at radius 1 is 1.54 bits per heavy atom. The van der Waals surface area contributed by atoms with Gasteiger partial charge in [-0.05, 0) is 12.1 Å². The maximum atomic E-state index is 11.0. The van der Waals surface area contributed by atoms with Gasteiger partial charge in [-0.25, -0.2) is 0 Å². The third-order valence-electron chi connectivity index (χ3n) is 1.49. The van der Waals surface area contributed by atoms with Gasteiger partial charge in [0.05, 0.1) is 0 Å². The number of nitrogens with one attached hydrogen (secondary N) is 1. The van der Waals surface area contributed by atoms with Crippen molar-refractivity contribution >= 4 is 23.2 Å². The summed E-state index contributed by atoms with van der Waals surface area (Å²) in [5.74, 6) is -0.0689. The fraction of sp³-hybridized carbons (Fsp3) is 0.222. The van der Waals surface area contributed by atoms with Crippen LogP contribution in [0, 0.1) is 0 Å². The third kappa shape index (κ3) is 2.95. The van der Waals surface area contributed by atoms with Crippen molar-refractivity contribution in [3.8, 4) is 5.75 Å². The Morgan fingerprint density at radius 3 is 2.77 bits per heavy atom. The Morgan fingerprint density at radius 2 is 2.23 bits per heavy atom. The molecule has 13 heavy (non-hydrogen) atoms. The van der Waals surface area contributed by atoms with Crippen LogP contribution in [0.3, 0.4) is 0 Å². The molecule has 0 aliphatic heterocycles. The van der Waals surface area contributed by atoms with E-state index in [2.05, 4.69) is 5.32 Å². The molecule has 70 valence electrons. The highest BCUT2D eigenvalue weighted by Crippen LogP contribution is 2.23. The molecule has 0 saturated heterocycles. The molecule has 0 aliphatic rings. The van der Waals surface area contributed by atoms with Crippen LogP contribution in [0.25, 0.3) is 0 Å². The summed E-state index contributed by atoms with van der Waals surface area (Å²) in [6.07, 6.45) is 0.396. The lowest BCUT2D eigenvalue weighted by molar-refractivity contribution is -0.115. The van der Waals surface area contributed by atoms with Gasteiger partial charge in [0.1, 0.15) is 5.75 Å². The van der Waals surface area contributed by atoms with E-state index in [0.717, 1.165) is 0 Å². The van der Waals surface area contributed by atoms with Crippen LogP contribution >= 0.6 is 11.6 Å². The van der Waals surface area contributed by atoms with E-state index < -0.39 is 0 Å². The van der Waals surface area contributed by atoms with Crippen molar-refractivity contribution in [3.63, 3.8) is 0 Å². The molecule has 0 spiro atoms. The van der Waals surface area contributed by atoms with E-state index in [9.17, 15) is 4.79 Å². The highest BCUT2D eigenvalue weighted by molar-refractivity contribution is 6.31. The summed E-state index contributed by atoms with van der Waals surface area (Å²) in [5.41, 5.74) is 0.511. The van der Waals surface area contributed by atoms with E-state index in [-0.39, 0.29) is 11.7 Å². The van der Waals surface area contributed by atoms with Crippen molar-refractivity contribution in [2.75, 3.05) is 5.32 Å². The fourth-order valence-electron chi connectivity index (χ4n) is 0.896. The second-order valence-electron chi connectivity index (χ2n) is 2.60. The van der Waals surface area contributed by atoms with Crippen molar-refractivity contribution in [1.29, 1.82) is 0 Å². The van der Waals surface area contributed by atoms with Crippen LogP contribution in [0.15, 0.2) is 18.2 Å². The number of hydrogen-bond acceptors (Lipinski definition) is 2. The molecule has 0 fully saturated rings. The summed E-state index contributed by atoms with van der Waals surface area (Å²) in [4.78, 5) is 11.0. The predicted molar refractivity (Wildman–Crippen MR) is 52.0 cm³/mol. The van der Waals surface area contributed by atoms with Gasteiger partial charge in [-0.3, -0.25) is 4.79 Å². The fourth-order valence-corrected chi connectivity index (χ4v) is 1.13. The smallest absolute Gasteiger partial charge is 0.224 e. The summed E-state index contributed by atoms with van der Waals surface area (Å²) in [6, 6.07) is 4.43. The van der Waals surface area contributed by atoms with E-state index in [0.29, 0.717) is 17.1 Å². The molecular formula is C9H10ClNO2. The minimum atomic E-state index is -0.110. The van der Waals surface area contributed by atoms with E-state index >= 15 is 0 Å². The monoisotopic (exact) mass is 199 g/mol. The van der Waals surface area contributed by atoms with Gasteiger partial charge in [0.25, 0.3) is 0 Å². The lowest BCUT2D eigenvalue weighted by atomic mass is 10.3. The number of hydrogen-bond donors (Lipinski definition) is 2. The zero-order valence-corrected chi connectivity index (χ0v) is 7.93. The van der Waals surface area contributed by atoms with Gasteiger partial charge >= 0.3 is 0 Å². The van der Waals surface area contributed by atoms with Gasteiger partial charge in [-0.15, -0.1) is 0 Å². The first-order valence-electron chi connectivity index (χ1n) is 3.91. The number of benzene rings is 1. The number of amides is 1. The minimum Gasteiger partial charge on any atom is -0.508 e. The molecule has 0 heterocycles. The second-order valence-corrected chi connectivity index (χ2v) is 3.04. The van der Waals surface area contributed by atoms with Gasteiger partial charge in [-0.1, -0.05) is 18.5 Å². The highest BCUT2D eigenvalue weighted by atomic mass is 35.5. The number of rotatable bonds is 2. The minimum absolute atomic E-state index is 0.0407. The van der Waals surface area contributed by atoms with Crippen LogP contribution in [-0.4, -0.2) is 11.0 Å². The summed E-state index contributed by atoms with van der Waals surface area (Å²) in [5, 5.41) is 12.1. The molecule has 4 heteroatoms. The molecule has 3 nitrogen and oxygen atoms in total. The molecule has 0 saturated carbocycles. The average molecular weight is 200 g/mol. The Kier molecular flexibility index (Phi) is 3.14. The lowest BCUT2D eigenvalue weighted by Crippen LogP contribution is -2.09. The molecular weight excluding hydrogens is 190 g/mol. The topological polar surface area (TPSA) is 49.3 Å². The quantitative estimate of drug-likeness (QED) is 0.769. The summed E-state index contributed by atoms with van der Waals surface area (Å²) < 4.78 is 0. The first kappa shape index (κ1) is 9.86. The van der Waals surface area contributed by atoms with Crippen LogP contribution in [0.4, 0.5) is 5.69 Å². The number of aromatic hydroxyl groups is 1. The third-order valence-corrected chi connectivity index (χ3v) is 1.71. The van der Waals surface area contributed by atoms with E-state index in [4.69, 9.17) is 16.7 Å². The van der Waals surface area contributed by atoms with Crippen LogP contribution < -0.4 is 5.32 Å².